The third kappa shape index (κ3) is 6.01. The van der Waals surface area contributed by atoms with Crippen molar-refractivity contribution in [3.8, 4) is 0 Å². The molecule has 8 heteroatoms. The second-order valence-electron chi connectivity index (χ2n) is 7.22. The lowest BCUT2D eigenvalue weighted by Crippen LogP contribution is -2.44. The van der Waals surface area contributed by atoms with Crippen LogP contribution in [0.4, 0.5) is 10.1 Å². The normalized spacial score (nSPS) is 17.8. The quantitative estimate of drug-likeness (QED) is 0.707. The molecule has 1 N–H and O–H groups in total. The van der Waals surface area contributed by atoms with Gasteiger partial charge in [-0.05, 0) is 49.4 Å². The molecule has 1 saturated heterocycles. The van der Waals surface area contributed by atoms with Gasteiger partial charge < -0.3 is 5.32 Å². The number of rotatable bonds is 7. The van der Waals surface area contributed by atoms with Crippen LogP contribution in [-0.4, -0.2) is 37.5 Å². The third-order valence-corrected chi connectivity index (χ3v) is 7.26. The molecule has 1 amide bonds. The fourth-order valence-electron chi connectivity index (χ4n) is 3.46. The molecule has 0 unspecified atom stereocenters. The second kappa shape index (κ2) is 9.69. The van der Waals surface area contributed by atoms with Gasteiger partial charge in [-0.3, -0.25) is 4.79 Å². The first-order valence-electron chi connectivity index (χ1n) is 9.63. The first-order chi connectivity index (χ1) is 13.8. The number of amides is 1. The number of anilines is 1. The predicted octanol–water partition coefficient (Wildman–Crippen LogP) is 4.09. The molecule has 1 fully saturated rings. The number of carbonyl (C=O) groups excluding carboxylic acids is 1. The highest BCUT2D eigenvalue weighted by Gasteiger charge is 2.32. The average molecular weight is 439 g/mol. The minimum absolute atomic E-state index is 0.0593. The average Bonchev–Trinajstić information content (AvgIpc) is 2.71. The Morgan fingerprint density at radius 2 is 1.97 bits per heavy atom. The standard InChI is InChI=1S/C21H24ClFN2O3S/c22-19-14-18(10-11-20(19)23)24-21(26)17-9-4-12-25(15-17)29(27,28)13-5-8-16-6-2-1-3-7-16/h1-3,6-7,10-11,14,17H,4-5,8-9,12-13,15H2,(H,24,26)/t17-/m0/s1. The maximum absolute atomic E-state index is 13.3. The predicted molar refractivity (Wildman–Crippen MR) is 113 cm³/mol. The summed E-state index contributed by atoms with van der Waals surface area (Å²) < 4.78 is 40.1. The lowest BCUT2D eigenvalue weighted by Gasteiger charge is -2.31. The molecule has 0 bridgehead atoms. The molecule has 0 saturated carbocycles. The van der Waals surface area contributed by atoms with Crippen molar-refractivity contribution in [3.63, 3.8) is 0 Å². The zero-order chi connectivity index (χ0) is 20.9. The molecule has 0 radical (unpaired) electrons. The van der Waals surface area contributed by atoms with Crippen LogP contribution in [0.2, 0.25) is 5.02 Å². The Morgan fingerprint density at radius 3 is 2.69 bits per heavy atom. The van der Waals surface area contributed by atoms with Crippen molar-refractivity contribution in [1.82, 2.24) is 4.31 Å². The van der Waals surface area contributed by atoms with Crippen molar-refractivity contribution in [2.75, 3.05) is 24.2 Å². The number of hydrogen-bond acceptors (Lipinski definition) is 3. The summed E-state index contributed by atoms with van der Waals surface area (Å²) in [7, 11) is -3.42. The van der Waals surface area contributed by atoms with E-state index in [1.165, 1.54) is 22.5 Å². The second-order valence-corrected chi connectivity index (χ2v) is 9.72. The molecule has 3 rings (SSSR count). The topological polar surface area (TPSA) is 66.5 Å². The van der Waals surface area contributed by atoms with Crippen LogP contribution in [0.3, 0.4) is 0 Å². The fourth-order valence-corrected chi connectivity index (χ4v) is 5.22. The fraction of sp³-hybridized carbons (Fsp3) is 0.381. The van der Waals surface area contributed by atoms with Crippen LogP contribution in [0.1, 0.15) is 24.8 Å². The van der Waals surface area contributed by atoms with Gasteiger partial charge in [-0.15, -0.1) is 0 Å². The molecule has 0 aliphatic carbocycles. The zero-order valence-corrected chi connectivity index (χ0v) is 17.6. The molecule has 0 aromatic heterocycles. The van der Waals surface area contributed by atoms with Gasteiger partial charge in [-0.1, -0.05) is 41.9 Å². The maximum atomic E-state index is 13.3. The summed E-state index contributed by atoms with van der Waals surface area (Å²) in [5, 5.41) is 2.63. The Labute approximate surface area is 175 Å². The van der Waals surface area contributed by atoms with E-state index in [0.29, 0.717) is 37.9 Å². The van der Waals surface area contributed by atoms with Gasteiger partial charge in [-0.25, -0.2) is 17.1 Å². The Morgan fingerprint density at radius 1 is 1.21 bits per heavy atom. The number of nitrogens with zero attached hydrogens (tertiary/aromatic N) is 1. The summed E-state index contributed by atoms with van der Waals surface area (Å²) in [5.41, 5.74) is 1.50. The summed E-state index contributed by atoms with van der Waals surface area (Å²) in [4.78, 5) is 12.6. The highest BCUT2D eigenvalue weighted by atomic mass is 35.5. The first kappa shape index (κ1) is 21.7. The number of carbonyl (C=O) groups is 1. The number of nitrogens with one attached hydrogen (secondary N) is 1. The van der Waals surface area contributed by atoms with E-state index in [4.69, 9.17) is 11.6 Å². The van der Waals surface area contributed by atoms with Crippen LogP contribution in [-0.2, 0) is 21.2 Å². The van der Waals surface area contributed by atoms with E-state index in [-0.39, 0.29) is 23.2 Å². The number of benzene rings is 2. The molecule has 5 nitrogen and oxygen atoms in total. The molecule has 1 aliphatic rings. The van der Waals surface area contributed by atoms with E-state index >= 15 is 0 Å². The van der Waals surface area contributed by atoms with E-state index in [1.807, 2.05) is 30.3 Å². The van der Waals surface area contributed by atoms with Crippen molar-refractivity contribution < 1.29 is 17.6 Å². The number of halogens is 2. The number of sulfonamides is 1. The van der Waals surface area contributed by atoms with Crippen LogP contribution in [0.5, 0.6) is 0 Å². The Bertz CT molecular complexity index is 954. The minimum atomic E-state index is -3.42. The largest absolute Gasteiger partial charge is 0.326 e. The van der Waals surface area contributed by atoms with Gasteiger partial charge in [0.15, 0.2) is 0 Å². The van der Waals surface area contributed by atoms with Crippen LogP contribution in [0.25, 0.3) is 0 Å². The lowest BCUT2D eigenvalue weighted by atomic mass is 9.99. The Balaban J connectivity index is 1.55. The summed E-state index contributed by atoms with van der Waals surface area (Å²) in [5.74, 6) is -1.23. The van der Waals surface area contributed by atoms with E-state index in [2.05, 4.69) is 5.32 Å². The zero-order valence-electron chi connectivity index (χ0n) is 16.0. The van der Waals surface area contributed by atoms with E-state index in [0.717, 1.165) is 5.56 Å². The van der Waals surface area contributed by atoms with Crippen molar-refractivity contribution in [1.29, 1.82) is 0 Å². The highest BCUT2D eigenvalue weighted by Crippen LogP contribution is 2.24. The van der Waals surface area contributed by atoms with Crippen molar-refractivity contribution in [3.05, 3.63) is 64.9 Å². The smallest absolute Gasteiger partial charge is 0.228 e. The summed E-state index contributed by atoms with van der Waals surface area (Å²) in [6.07, 6.45) is 2.47. The maximum Gasteiger partial charge on any atom is 0.228 e. The minimum Gasteiger partial charge on any atom is -0.326 e. The molecular formula is C21H24ClFN2O3S. The monoisotopic (exact) mass is 438 g/mol. The number of hydrogen-bond donors (Lipinski definition) is 1. The molecule has 156 valence electrons. The van der Waals surface area contributed by atoms with Crippen molar-refractivity contribution in [2.24, 2.45) is 5.92 Å². The van der Waals surface area contributed by atoms with Gasteiger partial charge in [-0.2, -0.15) is 0 Å². The van der Waals surface area contributed by atoms with Gasteiger partial charge in [0.05, 0.1) is 16.7 Å². The molecule has 1 atom stereocenters. The van der Waals surface area contributed by atoms with Crippen LogP contribution in [0, 0.1) is 11.7 Å². The first-order valence-corrected chi connectivity index (χ1v) is 11.6. The van der Waals surface area contributed by atoms with Gasteiger partial charge in [0, 0.05) is 18.8 Å². The highest BCUT2D eigenvalue weighted by molar-refractivity contribution is 7.89. The van der Waals surface area contributed by atoms with Gasteiger partial charge >= 0.3 is 0 Å². The summed E-state index contributed by atoms with van der Waals surface area (Å²) in [6.45, 7) is 0.592. The van der Waals surface area contributed by atoms with Crippen LogP contribution in [0.15, 0.2) is 48.5 Å². The van der Waals surface area contributed by atoms with Gasteiger partial charge in [0.25, 0.3) is 0 Å². The summed E-state index contributed by atoms with van der Waals surface area (Å²) in [6, 6.07) is 13.7. The van der Waals surface area contributed by atoms with Crippen LogP contribution >= 0.6 is 11.6 Å². The van der Waals surface area contributed by atoms with Crippen LogP contribution < -0.4 is 5.32 Å². The molecule has 0 spiro atoms. The van der Waals surface area contributed by atoms with Crippen molar-refractivity contribution in [2.45, 2.75) is 25.7 Å². The Kier molecular flexibility index (Phi) is 7.27. The molecule has 29 heavy (non-hydrogen) atoms. The molecular weight excluding hydrogens is 415 g/mol. The van der Waals surface area contributed by atoms with Crippen molar-refractivity contribution >= 4 is 33.2 Å². The van der Waals surface area contributed by atoms with E-state index < -0.39 is 21.8 Å². The molecule has 2 aromatic carbocycles. The Hall–Kier alpha value is -1.96. The SMILES string of the molecule is O=C(Nc1ccc(F)c(Cl)c1)[C@H]1CCCN(S(=O)(=O)CCCc2ccccc2)C1. The molecule has 2 aromatic rings. The number of piperidine rings is 1. The third-order valence-electron chi connectivity index (χ3n) is 5.05. The summed E-state index contributed by atoms with van der Waals surface area (Å²) >= 11 is 5.74. The van der Waals surface area contributed by atoms with Gasteiger partial charge in [0.1, 0.15) is 5.82 Å². The van der Waals surface area contributed by atoms with E-state index in [1.54, 1.807) is 0 Å². The lowest BCUT2D eigenvalue weighted by molar-refractivity contribution is -0.120. The molecule has 1 aliphatic heterocycles. The van der Waals surface area contributed by atoms with Gasteiger partial charge in [0.2, 0.25) is 15.9 Å². The molecule has 1 heterocycles. The number of aryl methyl sites for hydroxylation is 1. The van der Waals surface area contributed by atoms with E-state index in [9.17, 15) is 17.6 Å².